The predicted molar refractivity (Wildman–Crippen MR) is 163 cm³/mol. The number of carbonyl (C=O) groups is 2. The number of amides is 2. The third-order valence-electron chi connectivity index (χ3n) is 6.40. The summed E-state index contributed by atoms with van der Waals surface area (Å²) in [6, 6.07) is 18.3. The van der Waals surface area contributed by atoms with Gasteiger partial charge >= 0.3 is 0 Å². The van der Waals surface area contributed by atoms with E-state index in [2.05, 4.69) is 5.32 Å². The summed E-state index contributed by atoms with van der Waals surface area (Å²) in [4.78, 5) is 28.8. The summed E-state index contributed by atoms with van der Waals surface area (Å²) >= 11 is 12.5. The molecular formula is C30H35Cl2N3O5S. The van der Waals surface area contributed by atoms with Crippen LogP contribution in [0.3, 0.4) is 0 Å². The smallest absolute Gasteiger partial charge is 0.264 e. The molecule has 3 rings (SSSR count). The van der Waals surface area contributed by atoms with Crippen LogP contribution in [0.5, 0.6) is 5.75 Å². The molecule has 0 saturated heterocycles. The van der Waals surface area contributed by atoms with E-state index in [0.717, 1.165) is 4.31 Å². The monoisotopic (exact) mass is 619 g/mol. The Morgan fingerprint density at radius 3 is 2.20 bits per heavy atom. The van der Waals surface area contributed by atoms with Gasteiger partial charge < -0.3 is 15.0 Å². The molecule has 8 nitrogen and oxygen atoms in total. The number of carbonyl (C=O) groups excluding carboxylic acids is 2. The van der Waals surface area contributed by atoms with Gasteiger partial charge in [-0.1, -0.05) is 68.2 Å². The van der Waals surface area contributed by atoms with Crippen molar-refractivity contribution in [3.05, 3.63) is 88.4 Å². The summed E-state index contributed by atoms with van der Waals surface area (Å²) in [7, 11) is -2.66. The lowest BCUT2D eigenvalue weighted by molar-refractivity contribution is -0.140. The molecule has 2 amide bonds. The number of halogens is 2. The van der Waals surface area contributed by atoms with Gasteiger partial charge in [-0.2, -0.15) is 0 Å². The van der Waals surface area contributed by atoms with Gasteiger partial charge in [0.15, 0.2) is 0 Å². The van der Waals surface area contributed by atoms with Crippen LogP contribution >= 0.6 is 23.2 Å². The standard InChI is InChI=1S/C30H35Cl2N3O5S/c1-5-28(30(37)33-18-21(2)3)34(19-22-11-12-23(31)17-27(22)32)29(36)20-35(24-13-15-25(40-4)16-14-24)41(38,39)26-9-7-6-8-10-26/h6-17,21,28H,5,18-20H2,1-4H3,(H,33,37)/t28-/m0/s1. The van der Waals surface area contributed by atoms with E-state index in [1.165, 1.54) is 24.1 Å². The van der Waals surface area contributed by atoms with Gasteiger partial charge in [-0.3, -0.25) is 13.9 Å². The van der Waals surface area contributed by atoms with Gasteiger partial charge in [0.2, 0.25) is 11.8 Å². The van der Waals surface area contributed by atoms with E-state index in [-0.39, 0.29) is 29.0 Å². The summed E-state index contributed by atoms with van der Waals surface area (Å²) < 4.78 is 34.0. The molecule has 3 aromatic carbocycles. The maximum Gasteiger partial charge on any atom is 0.264 e. The maximum atomic E-state index is 14.1. The van der Waals surface area contributed by atoms with Crippen molar-refractivity contribution in [3.8, 4) is 5.75 Å². The van der Waals surface area contributed by atoms with Crippen LogP contribution in [0.1, 0.15) is 32.8 Å². The van der Waals surface area contributed by atoms with E-state index in [1.54, 1.807) is 67.6 Å². The van der Waals surface area contributed by atoms with Gasteiger partial charge in [0, 0.05) is 23.1 Å². The van der Waals surface area contributed by atoms with Crippen LogP contribution in [-0.4, -0.2) is 51.4 Å². The first-order chi connectivity index (χ1) is 19.5. The molecule has 11 heteroatoms. The first kappa shape index (κ1) is 32.2. The molecule has 41 heavy (non-hydrogen) atoms. The summed E-state index contributed by atoms with van der Waals surface area (Å²) in [5.74, 6) is -0.170. The second-order valence-electron chi connectivity index (χ2n) is 9.84. The fourth-order valence-corrected chi connectivity index (χ4v) is 6.08. The van der Waals surface area contributed by atoms with E-state index in [1.807, 2.05) is 13.8 Å². The zero-order chi connectivity index (χ0) is 30.2. The van der Waals surface area contributed by atoms with Crippen LogP contribution in [0, 0.1) is 5.92 Å². The highest BCUT2D eigenvalue weighted by Gasteiger charge is 2.34. The number of hydrogen-bond acceptors (Lipinski definition) is 5. The highest BCUT2D eigenvalue weighted by Crippen LogP contribution is 2.28. The number of nitrogens with zero attached hydrogens (tertiary/aromatic N) is 2. The molecule has 1 N–H and O–H groups in total. The molecule has 0 aliphatic heterocycles. The lowest BCUT2D eigenvalue weighted by Gasteiger charge is -2.33. The molecule has 220 valence electrons. The van der Waals surface area contributed by atoms with Crippen molar-refractivity contribution < 1.29 is 22.7 Å². The van der Waals surface area contributed by atoms with Crippen LogP contribution in [0.15, 0.2) is 77.7 Å². The second kappa shape index (κ2) is 14.6. The predicted octanol–water partition coefficient (Wildman–Crippen LogP) is 5.78. The highest BCUT2D eigenvalue weighted by atomic mass is 35.5. The van der Waals surface area contributed by atoms with E-state index >= 15 is 0 Å². The van der Waals surface area contributed by atoms with Gasteiger partial charge in [0.1, 0.15) is 18.3 Å². The Labute approximate surface area is 252 Å². The minimum absolute atomic E-state index is 0.0235. The Hall–Kier alpha value is -3.27. The Morgan fingerprint density at radius 1 is 0.976 bits per heavy atom. The lowest BCUT2D eigenvalue weighted by Crippen LogP contribution is -2.52. The van der Waals surface area contributed by atoms with Crippen LogP contribution in [-0.2, 0) is 26.2 Å². The van der Waals surface area contributed by atoms with E-state index in [4.69, 9.17) is 27.9 Å². The van der Waals surface area contributed by atoms with Crippen molar-refractivity contribution in [1.82, 2.24) is 10.2 Å². The molecule has 0 aliphatic carbocycles. The van der Waals surface area contributed by atoms with Gasteiger partial charge in [-0.25, -0.2) is 8.42 Å². The number of rotatable bonds is 13. The summed E-state index contributed by atoms with van der Waals surface area (Å²) in [6.45, 7) is 5.59. The van der Waals surface area contributed by atoms with Crippen LogP contribution in [0.4, 0.5) is 5.69 Å². The first-order valence-corrected chi connectivity index (χ1v) is 15.4. The number of ether oxygens (including phenoxy) is 1. The molecule has 0 heterocycles. The van der Waals surface area contributed by atoms with Crippen molar-refractivity contribution in [2.45, 2.75) is 44.7 Å². The molecule has 0 bridgehead atoms. The molecule has 0 unspecified atom stereocenters. The normalized spacial score (nSPS) is 12.1. The number of methoxy groups -OCH3 is 1. The van der Waals surface area contributed by atoms with Crippen molar-refractivity contribution >= 4 is 50.7 Å². The zero-order valence-corrected chi connectivity index (χ0v) is 25.8. The molecule has 0 fully saturated rings. The molecule has 0 spiro atoms. The zero-order valence-electron chi connectivity index (χ0n) is 23.5. The van der Waals surface area contributed by atoms with E-state index in [0.29, 0.717) is 34.3 Å². The minimum atomic E-state index is -4.16. The van der Waals surface area contributed by atoms with Gasteiger partial charge in [-0.15, -0.1) is 0 Å². The topological polar surface area (TPSA) is 96.0 Å². The Kier molecular flexibility index (Phi) is 11.5. The maximum absolute atomic E-state index is 14.1. The SMILES string of the molecule is CC[C@@H](C(=O)NCC(C)C)N(Cc1ccc(Cl)cc1Cl)C(=O)CN(c1ccc(OC)cc1)S(=O)(=O)c1ccccc1. The third-order valence-corrected chi connectivity index (χ3v) is 8.77. The van der Waals surface area contributed by atoms with Gasteiger partial charge in [-0.05, 0) is 66.4 Å². The Bertz CT molecular complexity index is 1430. The van der Waals surface area contributed by atoms with Gasteiger partial charge in [0.05, 0.1) is 17.7 Å². The van der Waals surface area contributed by atoms with Crippen molar-refractivity contribution in [3.63, 3.8) is 0 Å². The van der Waals surface area contributed by atoms with Crippen molar-refractivity contribution in [2.24, 2.45) is 5.92 Å². The first-order valence-electron chi connectivity index (χ1n) is 13.2. The highest BCUT2D eigenvalue weighted by molar-refractivity contribution is 7.92. The van der Waals surface area contributed by atoms with Crippen molar-refractivity contribution in [2.75, 3.05) is 24.5 Å². The number of hydrogen-bond donors (Lipinski definition) is 1. The number of benzene rings is 3. The molecular weight excluding hydrogens is 585 g/mol. The summed E-state index contributed by atoms with van der Waals surface area (Å²) in [5, 5.41) is 3.66. The summed E-state index contributed by atoms with van der Waals surface area (Å²) in [5.41, 5.74) is 0.839. The minimum Gasteiger partial charge on any atom is -0.497 e. The molecule has 0 radical (unpaired) electrons. The molecule has 0 aromatic heterocycles. The van der Waals surface area contributed by atoms with Gasteiger partial charge in [0.25, 0.3) is 10.0 Å². The fraction of sp³-hybridized carbons (Fsp3) is 0.333. The van der Waals surface area contributed by atoms with E-state index < -0.39 is 28.5 Å². The molecule has 3 aromatic rings. The lowest BCUT2D eigenvalue weighted by atomic mass is 10.1. The van der Waals surface area contributed by atoms with Crippen LogP contribution in [0.2, 0.25) is 10.0 Å². The molecule has 0 aliphatic rings. The quantitative estimate of drug-likeness (QED) is 0.262. The van der Waals surface area contributed by atoms with Crippen LogP contribution in [0.25, 0.3) is 0 Å². The van der Waals surface area contributed by atoms with E-state index in [9.17, 15) is 18.0 Å². The Morgan fingerprint density at radius 2 is 1.63 bits per heavy atom. The molecule has 0 saturated carbocycles. The largest absolute Gasteiger partial charge is 0.497 e. The van der Waals surface area contributed by atoms with Crippen molar-refractivity contribution in [1.29, 1.82) is 0 Å². The average molecular weight is 621 g/mol. The average Bonchev–Trinajstić information content (AvgIpc) is 2.96. The number of nitrogens with one attached hydrogen (secondary N) is 1. The number of sulfonamides is 1. The second-order valence-corrected chi connectivity index (χ2v) is 12.5. The summed E-state index contributed by atoms with van der Waals surface area (Å²) in [6.07, 6.45) is 0.300. The van der Waals surface area contributed by atoms with Crippen LogP contribution < -0.4 is 14.4 Å². The third kappa shape index (κ3) is 8.38. The Balaban J connectivity index is 2.06. The molecule has 1 atom stereocenters. The number of anilines is 1. The fourth-order valence-electron chi connectivity index (χ4n) is 4.17.